The van der Waals surface area contributed by atoms with Crippen molar-refractivity contribution < 1.29 is 4.79 Å². The van der Waals surface area contributed by atoms with Crippen LogP contribution in [0.15, 0.2) is 12.4 Å². The van der Waals surface area contributed by atoms with Crippen LogP contribution < -0.4 is 5.32 Å². The fraction of sp³-hybridized carbons (Fsp3) is 0.737. The number of carbonyl (C=O) groups excluding carboxylic acids is 1. The highest BCUT2D eigenvalue weighted by Gasteiger charge is 2.36. The molecule has 0 radical (unpaired) electrons. The van der Waals surface area contributed by atoms with E-state index in [4.69, 9.17) is 0 Å². The number of aryl methyl sites for hydroxylation is 1. The largest absolute Gasteiger partial charge is 0.336 e. The zero-order chi connectivity index (χ0) is 17.9. The van der Waals surface area contributed by atoms with Crippen molar-refractivity contribution in [1.82, 2.24) is 19.8 Å². The van der Waals surface area contributed by atoms with Crippen LogP contribution >= 0.6 is 0 Å². The Bertz CT molecular complexity index is 640. The topological polar surface area (TPSA) is 74.0 Å². The van der Waals surface area contributed by atoms with E-state index in [1.54, 1.807) is 0 Å². The van der Waals surface area contributed by atoms with Gasteiger partial charge in [-0.15, -0.1) is 0 Å². The van der Waals surface area contributed by atoms with Crippen LogP contribution in [-0.2, 0) is 4.79 Å². The number of amides is 1. The number of nitriles is 1. The maximum absolute atomic E-state index is 12.8. The van der Waals surface area contributed by atoms with Gasteiger partial charge in [-0.3, -0.25) is 9.69 Å². The third-order valence-corrected chi connectivity index (χ3v) is 5.89. The van der Waals surface area contributed by atoms with E-state index in [1.165, 1.54) is 0 Å². The van der Waals surface area contributed by atoms with Crippen molar-refractivity contribution >= 4 is 5.91 Å². The molecule has 1 aromatic heterocycles. The summed E-state index contributed by atoms with van der Waals surface area (Å²) in [4.78, 5) is 19.4. The average Bonchev–Trinajstić information content (AvgIpc) is 3.08. The van der Waals surface area contributed by atoms with Gasteiger partial charge in [0.05, 0.1) is 12.1 Å². The van der Waals surface area contributed by atoms with Crippen LogP contribution in [0.5, 0.6) is 0 Å². The van der Waals surface area contributed by atoms with Gasteiger partial charge in [0, 0.05) is 25.0 Å². The number of likely N-dealkylation sites (tertiary alicyclic amines) is 1. The Kier molecular flexibility index (Phi) is 5.43. The lowest BCUT2D eigenvalue weighted by atomic mass is 9.82. The maximum Gasteiger partial charge on any atom is 0.238 e. The van der Waals surface area contributed by atoms with Crippen LogP contribution in [0, 0.1) is 18.3 Å². The highest BCUT2D eigenvalue weighted by Crippen LogP contribution is 2.28. The molecular formula is C19H29N5O. The van der Waals surface area contributed by atoms with E-state index in [2.05, 4.69) is 25.8 Å². The van der Waals surface area contributed by atoms with Crippen LogP contribution in [0.3, 0.4) is 0 Å². The van der Waals surface area contributed by atoms with Gasteiger partial charge in [-0.05, 0) is 46.1 Å². The third kappa shape index (κ3) is 3.87. The highest BCUT2D eigenvalue weighted by atomic mass is 16.2. The van der Waals surface area contributed by atoms with Gasteiger partial charge in [0.25, 0.3) is 0 Å². The molecule has 0 spiro atoms. The molecule has 25 heavy (non-hydrogen) atoms. The molecule has 1 aliphatic heterocycles. The molecule has 1 saturated carbocycles. The van der Waals surface area contributed by atoms with Gasteiger partial charge in [-0.2, -0.15) is 5.26 Å². The lowest BCUT2D eigenvalue weighted by molar-refractivity contribution is -0.128. The molecule has 2 fully saturated rings. The van der Waals surface area contributed by atoms with E-state index in [0.717, 1.165) is 63.9 Å². The highest BCUT2D eigenvalue weighted by molar-refractivity contribution is 5.82. The summed E-state index contributed by atoms with van der Waals surface area (Å²) in [6, 6.07) is 2.54. The number of rotatable bonds is 4. The lowest BCUT2D eigenvalue weighted by Crippen LogP contribution is -2.56. The predicted octanol–water partition coefficient (Wildman–Crippen LogP) is 2.56. The Hall–Kier alpha value is -1.87. The second-order valence-electron chi connectivity index (χ2n) is 7.59. The first-order valence-corrected chi connectivity index (χ1v) is 9.51. The van der Waals surface area contributed by atoms with E-state index >= 15 is 0 Å². The monoisotopic (exact) mass is 343 g/mol. The zero-order valence-corrected chi connectivity index (χ0v) is 15.4. The van der Waals surface area contributed by atoms with E-state index in [1.807, 2.05) is 26.2 Å². The van der Waals surface area contributed by atoms with E-state index in [-0.39, 0.29) is 11.9 Å². The minimum Gasteiger partial charge on any atom is -0.336 e. The molecule has 1 aromatic rings. The van der Waals surface area contributed by atoms with Crippen molar-refractivity contribution in [3.8, 4) is 6.07 Å². The molecule has 3 rings (SSSR count). The number of piperidine rings is 1. The predicted molar refractivity (Wildman–Crippen MR) is 95.8 cm³/mol. The molecule has 136 valence electrons. The summed E-state index contributed by atoms with van der Waals surface area (Å²) in [6.45, 7) is 5.77. The summed E-state index contributed by atoms with van der Waals surface area (Å²) in [5.74, 6) is 1.01. The first-order chi connectivity index (χ1) is 12.0. The van der Waals surface area contributed by atoms with Crippen molar-refractivity contribution in [2.75, 3.05) is 13.1 Å². The van der Waals surface area contributed by atoms with Crippen LogP contribution in [0.25, 0.3) is 0 Å². The molecule has 1 N–H and O–H groups in total. The van der Waals surface area contributed by atoms with Crippen LogP contribution in [0.1, 0.15) is 63.7 Å². The quantitative estimate of drug-likeness (QED) is 0.912. The van der Waals surface area contributed by atoms with Crippen LogP contribution in [0.2, 0.25) is 0 Å². The molecular weight excluding hydrogens is 314 g/mol. The van der Waals surface area contributed by atoms with Gasteiger partial charge in [0.1, 0.15) is 11.4 Å². The summed E-state index contributed by atoms with van der Waals surface area (Å²) in [6.07, 6.45) is 10.8. The second-order valence-corrected chi connectivity index (χ2v) is 7.59. The molecule has 6 heteroatoms. The molecule has 1 saturated heterocycles. The number of hydrogen-bond acceptors (Lipinski definition) is 4. The van der Waals surface area contributed by atoms with Gasteiger partial charge < -0.3 is 9.88 Å². The number of nitrogens with one attached hydrogen (secondary N) is 1. The molecule has 2 aliphatic rings. The fourth-order valence-corrected chi connectivity index (χ4v) is 4.26. The minimum absolute atomic E-state index is 0.00791. The zero-order valence-electron chi connectivity index (χ0n) is 15.4. The maximum atomic E-state index is 12.8. The summed E-state index contributed by atoms with van der Waals surface area (Å²) in [7, 11) is 0. The van der Waals surface area contributed by atoms with Crippen molar-refractivity contribution in [3.63, 3.8) is 0 Å². The van der Waals surface area contributed by atoms with Gasteiger partial charge in [0.2, 0.25) is 5.91 Å². The molecule has 1 aliphatic carbocycles. The summed E-state index contributed by atoms with van der Waals surface area (Å²) in [5.41, 5.74) is -0.653. The Labute approximate surface area is 150 Å². The summed E-state index contributed by atoms with van der Waals surface area (Å²) >= 11 is 0. The second kappa shape index (κ2) is 7.57. The standard InChI is InChI=1S/C19H29N5O/c1-15(18(25)22-19(14-20)8-4-3-5-9-19)23-11-6-7-17(13-23)24-12-10-21-16(24)2/h10,12,15,17H,3-9,11,13H2,1-2H3,(H,22,25). The molecule has 1 amide bonds. The van der Waals surface area contributed by atoms with Crippen molar-refractivity contribution in [2.45, 2.75) is 76.4 Å². The molecule has 2 heterocycles. The molecule has 2 atom stereocenters. The van der Waals surface area contributed by atoms with Crippen LogP contribution in [-0.4, -0.2) is 45.0 Å². The van der Waals surface area contributed by atoms with Crippen molar-refractivity contribution in [3.05, 3.63) is 18.2 Å². The molecule has 0 bridgehead atoms. The van der Waals surface area contributed by atoms with Crippen LogP contribution in [0.4, 0.5) is 0 Å². The lowest BCUT2D eigenvalue weighted by Gasteiger charge is -2.39. The number of imidazole rings is 1. The number of carbonyl (C=O) groups is 1. The Morgan fingerprint density at radius 3 is 2.80 bits per heavy atom. The first-order valence-electron chi connectivity index (χ1n) is 9.51. The Balaban J connectivity index is 1.63. The number of hydrogen-bond donors (Lipinski definition) is 1. The molecule has 2 unspecified atom stereocenters. The smallest absolute Gasteiger partial charge is 0.238 e. The Morgan fingerprint density at radius 1 is 1.40 bits per heavy atom. The van der Waals surface area contributed by atoms with Gasteiger partial charge in [-0.25, -0.2) is 4.98 Å². The van der Waals surface area contributed by atoms with E-state index in [0.29, 0.717) is 6.04 Å². The summed E-state index contributed by atoms with van der Waals surface area (Å²) in [5, 5.41) is 12.7. The van der Waals surface area contributed by atoms with Crippen molar-refractivity contribution in [2.24, 2.45) is 0 Å². The first kappa shape index (κ1) is 17.9. The van der Waals surface area contributed by atoms with Gasteiger partial charge in [0.15, 0.2) is 0 Å². The average molecular weight is 343 g/mol. The molecule has 0 aromatic carbocycles. The Morgan fingerprint density at radius 2 is 2.16 bits per heavy atom. The van der Waals surface area contributed by atoms with E-state index < -0.39 is 5.54 Å². The van der Waals surface area contributed by atoms with Gasteiger partial charge in [-0.1, -0.05) is 19.3 Å². The van der Waals surface area contributed by atoms with Gasteiger partial charge >= 0.3 is 0 Å². The summed E-state index contributed by atoms with van der Waals surface area (Å²) < 4.78 is 2.22. The normalized spacial score (nSPS) is 25.1. The third-order valence-electron chi connectivity index (χ3n) is 5.89. The number of nitrogens with zero attached hydrogens (tertiary/aromatic N) is 4. The van der Waals surface area contributed by atoms with Crippen molar-refractivity contribution in [1.29, 1.82) is 5.26 Å². The number of aromatic nitrogens is 2. The SMILES string of the molecule is Cc1nccn1C1CCCN(C(C)C(=O)NC2(C#N)CCCCC2)C1. The van der Waals surface area contributed by atoms with E-state index in [9.17, 15) is 10.1 Å². The minimum atomic E-state index is -0.653. The molecule has 6 nitrogen and oxygen atoms in total. The fourth-order valence-electron chi connectivity index (χ4n) is 4.26.